The minimum absolute atomic E-state index is 0.737. The molecule has 1 N–H and O–H groups in total. The Morgan fingerprint density at radius 2 is 2.54 bits per heavy atom. The number of nitrogens with one attached hydrogen (secondary N) is 1. The van der Waals surface area contributed by atoms with Gasteiger partial charge in [0.05, 0.1) is 6.33 Å². The van der Waals surface area contributed by atoms with Crippen molar-refractivity contribution in [3.8, 4) is 0 Å². The highest BCUT2D eigenvalue weighted by atomic mass is 32.1. The lowest BCUT2D eigenvalue weighted by Gasteiger charge is -1.96. The molecule has 0 atom stereocenters. The van der Waals surface area contributed by atoms with Crippen LogP contribution in [0.5, 0.6) is 0 Å². The zero-order valence-corrected chi connectivity index (χ0v) is 8.44. The molecule has 4 nitrogen and oxygen atoms in total. The maximum Gasteiger partial charge on any atom is 0.176 e. The molecule has 68 valence electrons. The normalized spacial score (nSPS) is 10.5. The minimum atomic E-state index is 0.737. The van der Waals surface area contributed by atoms with Gasteiger partial charge in [-0.1, -0.05) is 11.3 Å². The summed E-state index contributed by atoms with van der Waals surface area (Å²) in [6.07, 6.45) is 6.40. The van der Waals surface area contributed by atoms with E-state index in [1.165, 1.54) is 11.3 Å². The number of imidazole rings is 1. The molecule has 2 aromatic rings. The van der Waals surface area contributed by atoms with Gasteiger partial charge in [-0.3, -0.25) is 5.10 Å². The molecule has 0 spiro atoms. The highest BCUT2D eigenvalue weighted by molar-refractivity contribution is 7.73. The molecule has 0 radical (unpaired) electrons. The number of aromatic nitrogens is 4. The van der Waals surface area contributed by atoms with E-state index in [0.717, 1.165) is 21.9 Å². The lowest BCUT2D eigenvalue weighted by atomic mass is 10.4. The Hall–Kier alpha value is -1.01. The predicted molar refractivity (Wildman–Crippen MR) is 53.2 cm³/mol. The number of aryl methyl sites for hydroxylation is 2. The fraction of sp³-hybridized carbons (Fsp3) is 0.286. The van der Waals surface area contributed by atoms with E-state index in [1.54, 1.807) is 12.5 Å². The van der Waals surface area contributed by atoms with Crippen molar-refractivity contribution in [3.05, 3.63) is 27.7 Å². The second kappa shape index (κ2) is 3.80. The van der Waals surface area contributed by atoms with Gasteiger partial charge >= 0.3 is 0 Å². The Bertz CT molecular complexity index is 414. The van der Waals surface area contributed by atoms with Crippen molar-refractivity contribution in [2.75, 3.05) is 0 Å². The first-order valence-corrected chi connectivity index (χ1v) is 5.07. The van der Waals surface area contributed by atoms with Crippen LogP contribution in [0, 0.1) is 3.95 Å². The third-order valence-electron chi connectivity index (χ3n) is 1.63. The molecule has 0 aromatic carbocycles. The topological polar surface area (TPSA) is 46.5 Å². The van der Waals surface area contributed by atoms with Crippen LogP contribution in [0.25, 0.3) is 0 Å². The van der Waals surface area contributed by atoms with Crippen LogP contribution in [-0.4, -0.2) is 19.7 Å². The largest absolute Gasteiger partial charge is 0.337 e. The first-order chi connectivity index (χ1) is 6.34. The third-order valence-corrected chi connectivity index (χ3v) is 2.77. The molecule has 0 amide bonds. The molecule has 0 aliphatic heterocycles. The molecule has 6 heteroatoms. The second-order valence-electron chi connectivity index (χ2n) is 2.56. The van der Waals surface area contributed by atoms with Crippen LogP contribution in [0.1, 0.15) is 5.01 Å². The fourth-order valence-corrected chi connectivity index (χ4v) is 1.94. The summed E-state index contributed by atoms with van der Waals surface area (Å²) in [5, 5.41) is 7.87. The van der Waals surface area contributed by atoms with Crippen molar-refractivity contribution in [1.29, 1.82) is 0 Å². The lowest BCUT2D eigenvalue weighted by molar-refractivity contribution is 0.688. The summed E-state index contributed by atoms with van der Waals surface area (Å²) in [6, 6.07) is 0. The second-order valence-corrected chi connectivity index (χ2v) is 4.31. The van der Waals surface area contributed by atoms with Gasteiger partial charge in [0.2, 0.25) is 0 Å². The molecule has 0 bridgehead atoms. The number of H-pyrrole nitrogens is 1. The molecule has 0 aliphatic carbocycles. The zero-order valence-electron chi connectivity index (χ0n) is 6.80. The SMILES string of the molecule is S=c1[nH]nc(CCn2ccnc2)s1. The average Bonchev–Trinajstić information content (AvgIpc) is 2.71. The monoisotopic (exact) mass is 212 g/mol. The molecule has 13 heavy (non-hydrogen) atoms. The van der Waals surface area contributed by atoms with Crippen molar-refractivity contribution in [2.24, 2.45) is 0 Å². The number of hydrogen-bond donors (Lipinski definition) is 1. The van der Waals surface area contributed by atoms with Gasteiger partial charge in [0.1, 0.15) is 5.01 Å². The molecule has 0 aliphatic rings. The van der Waals surface area contributed by atoms with Crippen molar-refractivity contribution in [2.45, 2.75) is 13.0 Å². The standard InChI is InChI=1S/C7H8N4S2/c12-7-10-9-6(13-7)1-3-11-4-2-8-5-11/h2,4-5H,1,3H2,(H,10,12). The van der Waals surface area contributed by atoms with Crippen LogP contribution in [-0.2, 0) is 13.0 Å². The van der Waals surface area contributed by atoms with Gasteiger partial charge in [-0.05, 0) is 12.2 Å². The lowest BCUT2D eigenvalue weighted by Crippen LogP contribution is -1.97. The molecule has 0 saturated heterocycles. The summed E-state index contributed by atoms with van der Waals surface area (Å²) in [5.41, 5.74) is 0. The Morgan fingerprint density at radius 1 is 1.62 bits per heavy atom. The van der Waals surface area contributed by atoms with Crippen LogP contribution in [0.15, 0.2) is 18.7 Å². The molecule has 0 saturated carbocycles. The van der Waals surface area contributed by atoms with Gasteiger partial charge in [-0.15, -0.1) is 0 Å². The van der Waals surface area contributed by atoms with Crippen LogP contribution >= 0.6 is 23.6 Å². The van der Waals surface area contributed by atoms with E-state index in [-0.39, 0.29) is 0 Å². The maximum absolute atomic E-state index is 4.93. The van der Waals surface area contributed by atoms with E-state index in [9.17, 15) is 0 Å². The Balaban J connectivity index is 1.97. The van der Waals surface area contributed by atoms with Gasteiger partial charge in [0.25, 0.3) is 0 Å². The third kappa shape index (κ3) is 2.22. The minimum Gasteiger partial charge on any atom is -0.337 e. The summed E-state index contributed by atoms with van der Waals surface area (Å²) in [5.74, 6) is 0. The van der Waals surface area contributed by atoms with Gasteiger partial charge in [-0.25, -0.2) is 4.98 Å². The van der Waals surface area contributed by atoms with Gasteiger partial charge in [-0.2, -0.15) is 5.10 Å². The van der Waals surface area contributed by atoms with Gasteiger partial charge < -0.3 is 4.57 Å². The molecule has 2 aromatic heterocycles. The van der Waals surface area contributed by atoms with Gasteiger partial charge in [0.15, 0.2) is 3.95 Å². The van der Waals surface area contributed by atoms with Crippen molar-refractivity contribution in [1.82, 2.24) is 19.7 Å². The fourth-order valence-electron chi connectivity index (χ4n) is 1.01. The van der Waals surface area contributed by atoms with Crippen molar-refractivity contribution in [3.63, 3.8) is 0 Å². The Kier molecular flexibility index (Phi) is 2.51. The van der Waals surface area contributed by atoms with E-state index in [2.05, 4.69) is 15.2 Å². The number of nitrogens with zero attached hydrogens (tertiary/aromatic N) is 3. The summed E-state index contributed by atoms with van der Waals surface area (Å²) < 4.78 is 2.75. The highest BCUT2D eigenvalue weighted by Gasteiger charge is 1.97. The van der Waals surface area contributed by atoms with E-state index in [1.807, 2.05) is 10.8 Å². The average molecular weight is 212 g/mol. The Labute approximate surface area is 84.3 Å². The molecule has 2 heterocycles. The molecule has 2 rings (SSSR count). The first-order valence-electron chi connectivity index (χ1n) is 3.85. The highest BCUT2D eigenvalue weighted by Crippen LogP contribution is 2.06. The van der Waals surface area contributed by atoms with Crippen LogP contribution in [0.2, 0.25) is 0 Å². The van der Waals surface area contributed by atoms with Crippen LogP contribution < -0.4 is 0 Å². The molecular weight excluding hydrogens is 204 g/mol. The van der Waals surface area contributed by atoms with E-state index < -0.39 is 0 Å². The number of aromatic amines is 1. The quantitative estimate of drug-likeness (QED) is 0.787. The van der Waals surface area contributed by atoms with Gasteiger partial charge in [0, 0.05) is 25.4 Å². The van der Waals surface area contributed by atoms with E-state index >= 15 is 0 Å². The molecule has 0 unspecified atom stereocenters. The predicted octanol–water partition coefficient (Wildman–Crippen LogP) is 1.64. The van der Waals surface area contributed by atoms with Crippen LogP contribution in [0.3, 0.4) is 0 Å². The molecule has 0 fully saturated rings. The van der Waals surface area contributed by atoms with Crippen molar-refractivity contribution < 1.29 is 0 Å². The summed E-state index contributed by atoms with van der Waals surface area (Å²) in [6.45, 7) is 0.899. The summed E-state index contributed by atoms with van der Waals surface area (Å²) >= 11 is 6.45. The van der Waals surface area contributed by atoms with Crippen LogP contribution in [0.4, 0.5) is 0 Å². The molecular formula is C7H8N4S2. The number of rotatable bonds is 3. The number of hydrogen-bond acceptors (Lipinski definition) is 4. The smallest absolute Gasteiger partial charge is 0.176 e. The first kappa shape index (κ1) is 8.58. The Morgan fingerprint density at radius 3 is 3.15 bits per heavy atom. The summed E-state index contributed by atoms with van der Waals surface area (Å²) in [7, 11) is 0. The maximum atomic E-state index is 4.93. The summed E-state index contributed by atoms with van der Waals surface area (Å²) in [4.78, 5) is 3.96. The van der Waals surface area contributed by atoms with Crippen molar-refractivity contribution >= 4 is 23.6 Å². The van der Waals surface area contributed by atoms with E-state index in [0.29, 0.717) is 0 Å². The zero-order chi connectivity index (χ0) is 9.10. The van der Waals surface area contributed by atoms with E-state index in [4.69, 9.17) is 12.2 Å².